The van der Waals surface area contributed by atoms with Crippen LogP contribution in [-0.4, -0.2) is 45.2 Å². The third kappa shape index (κ3) is 3.93. The van der Waals surface area contributed by atoms with Gasteiger partial charge in [0.2, 0.25) is 0 Å². The van der Waals surface area contributed by atoms with E-state index in [1.54, 1.807) is 18.5 Å². The number of carboxylic acid groups (broad SMARTS) is 1. The predicted molar refractivity (Wildman–Crippen MR) is 84.4 cm³/mol. The maximum Gasteiger partial charge on any atom is 0.324 e. The molecule has 0 radical (unpaired) electrons. The van der Waals surface area contributed by atoms with Gasteiger partial charge >= 0.3 is 5.97 Å². The number of hydrogen-bond acceptors (Lipinski definition) is 4. The molecule has 0 spiro atoms. The number of carbonyl (C=O) groups is 1. The van der Waals surface area contributed by atoms with Crippen LogP contribution in [0.3, 0.4) is 0 Å². The first-order chi connectivity index (χ1) is 10.6. The Kier molecular flexibility index (Phi) is 5.69. The summed E-state index contributed by atoms with van der Waals surface area (Å²) in [5.41, 5.74) is -0.0935. The van der Waals surface area contributed by atoms with Crippen LogP contribution < -0.4 is 0 Å². The molecule has 1 aromatic heterocycles. The SMILES string of the molecule is CCC/C=C/[C@H](C(=O)O)N1CCC(O)(c2cccnc2)CC1. The predicted octanol–water partition coefficient (Wildman–Crippen LogP) is 2.17. The van der Waals surface area contributed by atoms with E-state index >= 15 is 0 Å². The Morgan fingerprint density at radius 3 is 2.77 bits per heavy atom. The number of rotatable bonds is 6. The highest BCUT2D eigenvalue weighted by atomic mass is 16.4. The van der Waals surface area contributed by atoms with E-state index in [-0.39, 0.29) is 0 Å². The van der Waals surface area contributed by atoms with Crippen molar-refractivity contribution in [1.82, 2.24) is 9.88 Å². The molecule has 22 heavy (non-hydrogen) atoms. The van der Waals surface area contributed by atoms with E-state index in [9.17, 15) is 15.0 Å². The van der Waals surface area contributed by atoms with Gasteiger partial charge in [-0.1, -0.05) is 31.6 Å². The summed E-state index contributed by atoms with van der Waals surface area (Å²) >= 11 is 0. The van der Waals surface area contributed by atoms with Crippen LogP contribution in [0.25, 0.3) is 0 Å². The number of aromatic nitrogens is 1. The van der Waals surface area contributed by atoms with Crippen molar-refractivity contribution in [2.45, 2.75) is 44.2 Å². The summed E-state index contributed by atoms with van der Waals surface area (Å²) in [4.78, 5) is 17.4. The minimum Gasteiger partial charge on any atom is -0.480 e. The summed E-state index contributed by atoms with van der Waals surface area (Å²) < 4.78 is 0. The molecule has 1 aliphatic heterocycles. The summed E-state index contributed by atoms with van der Waals surface area (Å²) in [6.45, 7) is 3.17. The van der Waals surface area contributed by atoms with Crippen LogP contribution in [0.2, 0.25) is 0 Å². The van der Waals surface area contributed by atoms with Crippen LogP contribution in [0.4, 0.5) is 0 Å². The Morgan fingerprint density at radius 2 is 2.23 bits per heavy atom. The molecule has 0 amide bonds. The van der Waals surface area contributed by atoms with E-state index < -0.39 is 17.6 Å². The number of piperidine rings is 1. The van der Waals surface area contributed by atoms with E-state index in [0.717, 1.165) is 18.4 Å². The third-order valence-electron chi connectivity index (χ3n) is 4.24. The number of unbranched alkanes of at least 4 members (excludes halogenated alkanes) is 1. The lowest BCUT2D eigenvalue weighted by molar-refractivity contribution is -0.143. The second-order valence-electron chi connectivity index (χ2n) is 5.81. The van der Waals surface area contributed by atoms with Crippen molar-refractivity contribution in [2.75, 3.05) is 13.1 Å². The van der Waals surface area contributed by atoms with Gasteiger partial charge in [0, 0.05) is 31.0 Å². The lowest BCUT2D eigenvalue weighted by Gasteiger charge is -2.40. The fourth-order valence-corrected chi connectivity index (χ4v) is 2.85. The molecule has 2 N–H and O–H groups in total. The van der Waals surface area contributed by atoms with Gasteiger partial charge in [0.25, 0.3) is 0 Å². The molecule has 5 nitrogen and oxygen atoms in total. The molecule has 1 saturated heterocycles. The van der Waals surface area contributed by atoms with Gasteiger partial charge in [-0.15, -0.1) is 0 Å². The molecular weight excluding hydrogens is 280 g/mol. The number of hydrogen-bond donors (Lipinski definition) is 2. The Morgan fingerprint density at radius 1 is 1.50 bits per heavy atom. The van der Waals surface area contributed by atoms with Crippen molar-refractivity contribution in [3.8, 4) is 0 Å². The fraction of sp³-hybridized carbons (Fsp3) is 0.529. The average molecular weight is 304 g/mol. The molecule has 5 heteroatoms. The van der Waals surface area contributed by atoms with Crippen LogP contribution in [0.1, 0.15) is 38.2 Å². The largest absolute Gasteiger partial charge is 0.480 e. The number of nitrogens with zero attached hydrogens (tertiary/aromatic N) is 2. The minimum absolute atomic E-state index is 0.518. The molecule has 0 bridgehead atoms. The van der Waals surface area contributed by atoms with Gasteiger partial charge in [-0.05, 0) is 25.3 Å². The number of pyridine rings is 1. The fourth-order valence-electron chi connectivity index (χ4n) is 2.85. The zero-order chi connectivity index (χ0) is 16.0. The molecule has 1 atom stereocenters. The molecule has 0 aliphatic carbocycles. The topological polar surface area (TPSA) is 73.7 Å². The van der Waals surface area contributed by atoms with Crippen molar-refractivity contribution in [3.05, 3.63) is 42.2 Å². The van der Waals surface area contributed by atoms with Gasteiger partial charge in [0.05, 0.1) is 5.60 Å². The van der Waals surface area contributed by atoms with Gasteiger partial charge in [0.15, 0.2) is 0 Å². The van der Waals surface area contributed by atoms with Crippen molar-refractivity contribution < 1.29 is 15.0 Å². The molecule has 2 rings (SSSR count). The zero-order valence-electron chi connectivity index (χ0n) is 13.0. The van der Waals surface area contributed by atoms with E-state index in [1.165, 1.54) is 0 Å². The number of allylic oxidation sites excluding steroid dienone is 1. The highest BCUT2D eigenvalue weighted by Gasteiger charge is 2.37. The number of aliphatic carboxylic acids is 1. The van der Waals surface area contributed by atoms with Crippen LogP contribution in [0.15, 0.2) is 36.7 Å². The Hall–Kier alpha value is -1.72. The Bertz CT molecular complexity index is 508. The van der Waals surface area contributed by atoms with Crippen molar-refractivity contribution in [1.29, 1.82) is 0 Å². The van der Waals surface area contributed by atoms with Gasteiger partial charge in [-0.25, -0.2) is 0 Å². The molecule has 0 aromatic carbocycles. The first-order valence-electron chi connectivity index (χ1n) is 7.83. The quantitative estimate of drug-likeness (QED) is 0.788. The maximum atomic E-state index is 11.5. The van der Waals surface area contributed by atoms with Crippen molar-refractivity contribution in [2.24, 2.45) is 0 Å². The molecule has 0 saturated carbocycles. The highest BCUT2D eigenvalue weighted by Crippen LogP contribution is 2.33. The average Bonchev–Trinajstić information content (AvgIpc) is 2.53. The molecule has 1 fully saturated rings. The minimum atomic E-state index is -0.902. The summed E-state index contributed by atoms with van der Waals surface area (Å²) in [7, 11) is 0. The molecular formula is C17H24N2O3. The highest BCUT2D eigenvalue weighted by molar-refractivity contribution is 5.75. The first-order valence-corrected chi connectivity index (χ1v) is 7.83. The summed E-state index contributed by atoms with van der Waals surface area (Å²) in [6.07, 6.45) is 9.99. The van der Waals surface area contributed by atoms with E-state index in [4.69, 9.17) is 0 Å². The summed E-state index contributed by atoms with van der Waals surface area (Å²) in [5, 5.41) is 20.2. The van der Waals surface area contributed by atoms with Crippen molar-refractivity contribution >= 4 is 5.97 Å². The maximum absolute atomic E-state index is 11.5. The van der Waals surface area contributed by atoms with Crippen molar-refractivity contribution in [3.63, 3.8) is 0 Å². The van der Waals surface area contributed by atoms with Crippen LogP contribution >= 0.6 is 0 Å². The van der Waals surface area contributed by atoms with Gasteiger partial charge in [0.1, 0.15) is 6.04 Å². The first kappa shape index (κ1) is 16.6. The monoisotopic (exact) mass is 304 g/mol. The Labute approximate surface area is 131 Å². The summed E-state index contributed by atoms with van der Waals surface area (Å²) in [5.74, 6) is -0.834. The number of aliphatic hydroxyl groups is 1. The van der Waals surface area contributed by atoms with E-state index in [1.807, 2.05) is 23.1 Å². The zero-order valence-corrected chi connectivity index (χ0v) is 13.0. The molecule has 1 aromatic rings. The number of likely N-dealkylation sites (tertiary alicyclic amines) is 1. The van der Waals surface area contributed by atoms with Gasteiger partial charge < -0.3 is 10.2 Å². The molecule has 2 heterocycles. The lowest BCUT2D eigenvalue weighted by Crippen LogP contribution is -2.49. The molecule has 120 valence electrons. The van der Waals surface area contributed by atoms with Crippen LogP contribution in [0, 0.1) is 0 Å². The van der Waals surface area contributed by atoms with Crippen LogP contribution in [0.5, 0.6) is 0 Å². The standard InChI is InChI=1S/C17H24N2O3/c1-2-3-4-7-15(16(20)21)19-11-8-17(22,9-12-19)14-6-5-10-18-13-14/h4-7,10,13,15,22H,2-3,8-9,11-12H2,1H3,(H,20,21)/b7-4+/t15-/m1/s1. The number of carboxylic acids is 1. The van der Waals surface area contributed by atoms with E-state index in [2.05, 4.69) is 11.9 Å². The normalized spacial score (nSPS) is 20.1. The molecule has 0 unspecified atom stereocenters. The second-order valence-corrected chi connectivity index (χ2v) is 5.81. The Balaban J connectivity index is 2.02. The second kappa shape index (κ2) is 7.51. The van der Waals surface area contributed by atoms with E-state index in [0.29, 0.717) is 25.9 Å². The van der Waals surface area contributed by atoms with Gasteiger partial charge in [-0.2, -0.15) is 0 Å². The van der Waals surface area contributed by atoms with Crippen LogP contribution in [-0.2, 0) is 10.4 Å². The molecule has 1 aliphatic rings. The summed E-state index contributed by atoms with van der Waals surface area (Å²) in [6, 6.07) is 3.08. The van der Waals surface area contributed by atoms with Gasteiger partial charge in [-0.3, -0.25) is 14.7 Å². The smallest absolute Gasteiger partial charge is 0.324 e. The third-order valence-corrected chi connectivity index (χ3v) is 4.24. The lowest BCUT2D eigenvalue weighted by atomic mass is 9.85.